The Morgan fingerprint density at radius 1 is 1.13 bits per heavy atom. The fourth-order valence-corrected chi connectivity index (χ4v) is 3.04. The molecule has 0 radical (unpaired) electrons. The van der Waals surface area contributed by atoms with E-state index >= 15 is 0 Å². The zero-order valence-electron chi connectivity index (χ0n) is 16.3. The molecule has 0 saturated heterocycles. The number of methoxy groups -OCH3 is 1. The van der Waals surface area contributed by atoms with E-state index in [1.807, 2.05) is 0 Å². The number of fused-ring (bicyclic) bond motifs is 1. The van der Waals surface area contributed by atoms with Gasteiger partial charge in [-0.25, -0.2) is 4.79 Å². The van der Waals surface area contributed by atoms with E-state index in [-0.39, 0.29) is 17.8 Å². The van der Waals surface area contributed by atoms with E-state index in [0.717, 1.165) is 6.07 Å². The fraction of sp³-hybridized carbons (Fsp3) is 0.190. The van der Waals surface area contributed by atoms with Crippen LogP contribution in [0.1, 0.15) is 26.3 Å². The molecule has 1 aromatic heterocycles. The first-order valence-electron chi connectivity index (χ1n) is 8.92. The molecule has 3 aromatic rings. The first-order chi connectivity index (χ1) is 14.3. The van der Waals surface area contributed by atoms with Gasteiger partial charge in [0.15, 0.2) is 6.61 Å². The maximum atomic E-state index is 12.3. The highest BCUT2D eigenvalue weighted by atomic mass is 16.6. The second-order valence-corrected chi connectivity index (χ2v) is 6.52. The molecule has 0 aliphatic heterocycles. The van der Waals surface area contributed by atoms with Gasteiger partial charge in [0, 0.05) is 34.3 Å². The van der Waals surface area contributed by atoms with E-state index in [9.17, 15) is 24.5 Å². The van der Waals surface area contributed by atoms with Crippen molar-refractivity contribution in [2.45, 2.75) is 13.5 Å². The summed E-state index contributed by atoms with van der Waals surface area (Å²) in [6, 6.07) is 11.1. The monoisotopic (exact) mass is 410 g/mol. The summed E-state index contributed by atoms with van der Waals surface area (Å²) in [6.45, 7) is 0.789. The molecule has 0 N–H and O–H groups in total. The lowest BCUT2D eigenvalue weighted by Crippen LogP contribution is -2.18. The minimum absolute atomic E-state index is 0.0829. The number of carbonyl (C=O) groups is 3. The van der Waals surface area contributed by atoms with E-state index in [1.165, 1.54) is 30.0 Å². The molecule has 9 nitrogen and oxygen atoms in total. The molecule has 1 heterocycles. The zero-order chi connectivity index (χ0) is 21.8. The van der Waals surface area contributed by atoms with Crippen LogP contribution in [0.5, 0.6) is 0 Å². The van der Waals surface area contributed by atoms with Gasteiger partial charge in [0.2, 0.25) is 5.78 Å². The summed E-state index contributed by atoms with van der Waals surface area (Å²) in [4.78, 5) is 46.9. The Kier molecular flexibility index (Phi) is 5.91. The number of ether oxygens (including phenoxy) is 2. The fourth-order valence-electron chi connectivity index (χ4n) is 3.04. The van der Waals surface area contributed by atoms with Gasteiger partial charge < -0.3 is 14.0 Å². The van der Waals surface area contributed by atoms with Crippen molar-refractivity contribution in [2.75, 3.05) is 13.7 Å². The van der Waals surface area contributed by atoms with Gasteiger partial charge in [-0.05, 0) is 13.0 Å². The molecule has 0 fully saturated rings. The Hall–Kier alpha value is -4.01. The van der Waals surface area contributed by atoms with Crippen LogP contribution in [0.4, 0.5) is 5.69 Å². The molecule has 0 saturated carbocycles. The summed E-state index contributed by atoms with van der Waals surface area (Å²) >= 11 is 0. The van der Waals surface area contributed by atoms with Crippen LogP contribution in [0.3, 0.4) is 0 Å². The second kappa shape index (κ2) is 8.56. The van der Waals surface area contributed by atoms with Gasteiger partial charge in [-0.1, -0.05) is 30.3 Å². The van der Waals surface area contributed by atoms with E-state index < -0.39 is 29.3 Å². The Bertz CT molecular complexity index is 1160. The van der Waals surface area contributed by atoms with Crippen molar-refractivity contribution in [1.82, 2.24) is 4.57 Å². The second-order valence-electron chi connectivity index (χ2n) is 6.52. The van der Waals surface area contributed by atoms with Gasteiger partial charge in [-0.3, -0.25) is 19.7 Å². The number of hydrogen-bond acceptors (Lipinski definition) is 7. The molecule has 0 atom stereocenters. The van der Waals surface area contributed by atoms with Gasteiger partial charge in [-0.2, -0.15) is 0 Å². The summed E-state index contributed by atoms with van der Waals surface area (Å²) < 4.78 is 11.3. The molecule has 154 valence electrons. The van der Waals surface area contributed by atoms with Gasteiger partial charge >= 0.3 is 11.9 Å². The van der Waals surface area contributed by atoms with Crippen molar-refractivity contribution < 1.29 is 28.8 Å². The Labute approximate surface area is 171 Å². The minimum atomic E-state index is -0.692. The molecule has 0 spiro atoms. The van der Waals surface area contributed by atoms with Gasteiger partial charge in [0.25, 0.3) is 5.69 Å². The van der Waals surface area contributed by atoms with Crippen molar-refractivity contribution in [1.29, 1.82) is 0 Å². The highest BCUT2D eigenvalue weighted by molar-refractivity contribution is 6.04. The van der Waals surface area contributed by atoms with E-state index in [0.29, 0.717) is 22.0 Å². The van der Waals surface area contributed by atoms with Crippen LogP contribution < -0.4 is 0 Å². The third kappa shape index (κ3) is 4.19. The van der Waals surface area contributed by atoms with Gasteiger partial charge in [-0.15, -0.1) is 0 Å². The first kappa shape index (κ1) is 20.7. The minimum Gasteiger partial charge on any atom is -0.465 e. The lowest BCUT2D eigenvalue weighted by molar-refractivity contribution is -0.385. The van der Waals surface area contributed by atoms with Gasteiger partial charge in [0.1, 0.15) is 6.54 Å². The average Bonchev–Trinajstić information content (AvgIpc) is 3.10. The van der Waals surface area contributed by atoms with Crippen LogP contribution in [-0.2, 0) is 20.8 Å². The molecule has 0 aliphatic rings. The largest absolute Gasteiger partial charge is 0.465 e. The molecule has 9 heteroatoms. The summed E-state index contributed by atoms with van der Waals surface area (Å²) in [7, 11) is 1.27. The molecule has 2 aromatic carbocycles. The number of aryl methyl sites for hydroxylation is 1. The third-order valence-electron chi connectivity index (χ3n) is 4.59. The summed E-state index contributed by atoms with van der Waals surface area (Å²) in [5.74, 6) is -1.78. The summed E-state index contributed by atoms with van der Waals surface area (Å²) in [5.41, 5.74) is 1.27. The Morgan fingerprint density at radius 2 is 1.87 bits per heavy atom. The van der Waals surface area contributed by atoms with Crippen molar-refractivity contribution in [3.05, 3.63) is 75.5 Å². The number of Topliss-reactive ketones (excluding diaryl/α,β-unsaturated/α-hetero) is 1. The first-order valence-corrected chi connectivity index (χ1v) is 8.92. The number of carbonyl (C=O) groups excluding carboxylic acids is 3. The quantitative estimate of drug-likeness (QED) is 0.254. The highest BCUT2D eigenvalue weighted by Crippen LogP contribution is 2.22. The average molecular weight is 410 g/mol. The van der Waals surface area contributed by atoms with Crippen LogP contribution in [-0.4, -0.2) is 40.9 Å². The lowest BCUT2D eigenvalue weighted by Gasteiger charge is -2.07. The van der Waals surface area contributed by atoms with E-state index in [4.69, 9.17) is 9.47 Å². The number of nitro groups is 1. The third-order valence-corrected chi connectivity index (χ3v) is 4.59. The Balaban J connectivity index is 1.71. The highest BCUT2D eigenvalue weighted by Gasteiger charge is 2.19. The maximum Gasteiger partial charge on any atom is 0.340 e. The molecular formula is C21H18N2O7. The number of ketones is 1. The molecule has 30 heavy (non-hydrogen) atoms. The van der Waals surface area contributed by atoms with Crippen molar-refractivity contribution in [3.63, 3.8) is 0 Å². The number of aromatic nitrogens is 1. The van der Waals surface area contributed by atoms with Crippen LogP contribution in [0, 0.1) is 17.0 Å². The predicted molar refractivity (Wildman–Crippen MR) is 106 cm³/mol. The number of rotatable bonds is 7. The van der Waals surface area contributed by atoms with Crippen LogP contribution in [0.15, 0.2) is 48.7 Å². The molecule has 0 amide bonds. The molecule has 0 aliphatic carbocycles. The van der Waals surface area contributed by atoms with Gasteiger partial charge in [0.05, 0.1) is 17.6 Å². The smallest absolute Gasteiger partial charge is 0.340 e. The number of benzene rings is 2. The topological polar surface area (TPSA) is 118 Å². The molecular weight excluding hydrogens is 392 g/mol. The number of esters is 2. The number of hydrogen-bond donors (Lipinski definition) is 0. The summed E-state index contributed by atoms with van der Waals surface area (Å²) in [5, 5.41) is 11.6. The van der Waals surface area contributed by atoms with Crippen molar-refractivity contribution >= 4 is 34.3 Å². The molecule has 3 rings (SSSR count). The number of para-hydroxylation sites is 1. The predicted octanol–water partition coefficient (Wildman–Crippen LogP) is 3.07. The summed E-state index contributed by atoms with van der Waals surface area (Å²) in [6.07, 6.45) is 1.49. The van der Waals surface area contributed by atoms with Crippen LogP contribution >= 0.6 is 0 Å². The van der Waals surface area contributed by atoms with E-state index in [1.54, 1.807) is 31.2 Å². The van der Waals surface area contributed by atoms with Crippen molar-refractivity contribution in [3.8, 4) is 0 Å². The normalized spacial score (nSPS) is 10.6. The number of nitro benzene ring substituents is 1. The zero-order valence-corrected chi connectivity index (χ0v) is 16.3. The van der Waals surface area contributed by atoms with Crippen molar-refractivity contribution in [2.24, 2.45) is 0 Å². The lowest BCUT2D eigenvalue weighted by atomic mass is 10.1. The number of nitrogens with zero attached hydrogens (tertiary/aromatic N) is 2. The maximum absolute atomic E-state index is 12.3. The molecule has 0 bridgehead atoms. The SMILES string of the molecule is COC(=O)c1cn(CC(=O)OCC(=O)c2ccc(C)c([N+](=O)[O-])c2)c2ccccc12. The standard InChI is InChI=1S/C21H18N2O7/c1-13-7-8-14(9-18(13)23(27)28)19(24)12-30-20(25)11-22-10-16(21(26)29-2)15-5-3-4-6-17(15)22/h3-10H,11-12H2,1-2H3. The van der Waals surface area contributed by atoms with Crippen LogP contribution in [0.25, 0.3) is 10.9 Å². The Morgan fingerprint density at radius 3 is 2.57 bits per heavy atom. The van der Waals surface area contributed by atoms with E-state index in [2.05, 4.69) is 0 Å². The molecule has 0 unspecified atom stereocenters. The van der Waals surface area contributed by atoms with Crippen LogP contribution in [0.2, 0.25) is 0 Å².